The standard InChI is InChI=1S/C23H17NO5/c1-27-18-8-10-21-19(13-18)20(25)14-22(29-21)15-4-6-16(7-5-15)24-23(26)11-9-17-3-2-12-28-17/h2-14H,1H3,(H,24,26)/b11-9+. The molecule has 6 nitrogen and oxygen atoms in total. The van der Waals surface area contributed by atoms with Gasteiger partial charge >= 0.3 is 0 Å². The zero-order valence-corrected chi connectivity index (χ0v) is 15.5. The molecule has 4 rings (SSSR count). The van der Waals surface area contributed by atoms with Gasteiger partial charge in [0, 0.05) is 23.4 Å². The molecule has 29 heavy (non-hydrogen) atoms. The van der Waals surface area contributed by atoms with Crippen LogP contribution in [-0.4, -0.2) is 13.0 Å². The van der Waals surface area contributed by atoms with E-state index in [4.69, 9.17) is 13.6 Å². The van der Waals surface area contributed by atoms with Crippen LogP contribution < -0.4 is 15.5 Å². The minimum atomic E-state index is -0.277. The number of carbonyl (C=O) groups is 1. The minimum absolute atomic E-state index is 0.152. The highest BCUT2D eigenvalue weighted by Gasteiger charge is 2.08. The molecule has 0 saturated carbocycles. The van der Waals surface area contributed by atoms with Crippen LogP contribution in [0.2, 0.25) is 0 Å². The SMILES string of the molecule is COc1ccc2oc(-c3ccc(NC(=O)/C=C/c4ccco4)cc3)cc(=O)c2c1. The van der Waals surface area contributed by atoms with Crippen molar-refractivity contribution in [3.05, 3.63) is 89.0 Å². The van der Waals surface area contributed by atoms with Crippen molar-refractivity contribution in [2.45, 2.75) is 0 Å². The summed E-state index contributed by atoms with van der Waals surface area (Å²) in [4.78, 5) is 24.4. The van der Waals surface area contributed by atoms with E-state index in [1.54, 1.807) is 67.8 Å². The highest BCUT2D eigenvalue weighted by atomic mass is 16.5. The Kier molecular flexibility index (Phi) is 4.99. The highest BCUT2D eigenvalue weighted by molar-refractivity contribution is 6.01. The largest absolute Gasteiger partial charge is 0.497 e. The van der Waals surface area contributed by atoms with E-state index in [2.05, 4.69) is 5.32 Å². The Morgan fingerprint density at radius 2 is 1.90 bits per heavy atom. The summed E-state index contributed by atoms with van der Waals surface area (Å²) in [6.07, 6.45) is 4.52. The molecule has 4 aromatic rings. The molecule has 0 aliphatic rings. The molecule has 2 heterocycles. The first-order valence-electron chi connectivity index (χ1n) is 8.87. The van der Waals surface area contributed by atoms with Crippen molar-refractivity contribution in [1.82, 2.24) is 0 Å². The fourth-order valence-electron chi connectivity index (χ4n) is 2.85. The molecule has 2 aromatic heterocycles. The van der Waals surface area contributed by atoms with Gasteiger partial charge in [0.25, 0.3) is 0 Å². The highest BCUT2D eigenvalue weighted by Crippen LogP contribution is 2.25. The molecule has 0 radical (unpaired) electrons. The number of amides is 1. The second kappa shape index (κ2) is 7.90. The van der Waals surface area contributed by atoms with Crippen LogP contribution in [-0.2, 0) is 4.79 Å². The van der Waals surface area contributed by atoms with E-state index < -0.39 is 0 Å². The van der Waals surface area contributed by atoms with Gasteiger partial charge in [-0.3, -0.25) is 9.59 Å². The van der Waals surface area contributed by atoms with Gasteiger partial charge in [0.2, 0.25) is 5.91 Å². The molecule has 144 valence electrons. The molecule has 0 aliphatic carbocycles. The normalized spacial score (nSPS) is 11.1. The summed E-state index contributed by atoms with van der Waals surface area (Å²) in [5.41, 5.74) is 1.67. The third-order valence-electron chi connectivity index (χ3n) is 4.31. The molecule has 1 N–H and O–H groups in total. The average molecular weight is 387 g/mol. The number of rotatable bonds is 5. The van der Waals surface area contributed by atoms with Gasteiger partial charge in [-0.25, -0.2) is 0 Å². The van der Waals surface area contributed by atoms with Gasteiger partial charge in [-0.15, -0.1) is 0 Å². The Labute approximate surface area is 166 Å². The number of carbonyl (C=O) groups excluding carboxylic acids is 1. The summed E-state index contributed by atoms with van der Waals surface area (Å²) >= 11 is 0. The summed E-state index contributed by atoms with van der Waals surface area (Å²) in [6.45, 7) is 0. The summed E-state index contributed by atoms with van der Waals surface area (Å²) in [5, 5.41) is 3.22. The lowest BCUT2D eigenvalue weighted by Gasteiger charge is -2.06. The second-order valence-electron chi connectivity index (χ2n) is 6.25. The van der Waals surface area contributed by atoms with Crippen molar-refractivity contribution >= 4 is 28.6 Å². The zero-order chi connectivity index (χ0) is 20.2. The Morgan fingerprint density at radius 1 is 1.07 bits per heavy atom. The van der Waals surface area contributed by atoms with Crippen molar-refractivity contribution in [1.29, 1.82) is 0 Å². The van der Waals surface area contributed by atoms with Gasteiger partial charge in [-0.05, 0) is 60.7 Å². The molecule has 0 fully saturated rings. The second-order valence-corrected chi connectivity index (χ2v) is 6.25. The number of fused-ring (bicyclic) bond motifs is 1. The molecule has 0 atom stereocenters. The van der Waals surface area contributed by atoms with Crippen molar-refractivity contribution in [3.63, 3.8) is 0 Å². The maximum Gasteiger partial charge on any atom is 0.248 e. The number of benzene rings is 2. The zero-order valence-electron chi connectivity index (χ0n) is 15.5. The van der Waals surface area contributed by atoms with Gasteiger partial charge in [-0.1, -0.05) is 0 Å². The number of furan rings is 1. The number of ether oxygens (including phenoxy) is 1. The van der Waals surface area contributed by atoms with Crippen LogP contribution in [0.4, 0.5) is 5.69 Å². The molecule has 0 spiro atoms. The fourth-order valence-corrected chi connectivity index (χ4v) is 2.85. The molecular weight excluding hydrogens is 370 g/mol. The van der Waals surface area contributed by atoms with E-state index in [1.807, 2.05) is 0 Å². The van der Waals surface area contributed by atoms with Crippen molar-refractivity contribution < 1.29 is 18.4 Å². The topological polar surface area (TPSA) is 81.7 Å². The van der Waals surface area contributed by atoms with Gasteiger partial charge in [-0.2, -0.15) is 0 Å². The number of methoxy groups -OCH3 is 1. The van der Waals surface area contributed by atoms with Crippen LogP contribution in [0.5, 0.6) is 5.75 Å². The maximum atomic E-state index is 12.4. The van der Waals surface area contributed by atoms with E-state index >= 15 is 0 Å². The van der Waals surface area contributed by atoms with Crippen molar-refractivity contribution in [3.8, 4) is 17.1 Å². The summed E-state index contributed by atoms with van der Waals surface area (Å²) in [6, 6.07) is 17.1. The first-order valence-corrected chi connectivity index (χ1v) is 8.87. The summed E-state index contributed by atoms with van der Waals surface area (Å²) in [5.74, 6) is 1.36. The average Bonchev–Trinajstić information content (AvgIpc) is 3.26. The predicted octanol–water partition coefficient (Wildman–Crippen LogP) is 4.71. The Morgan fingerprint density at radius 3 is 2.62 bits per heavy atom. The van der Waals surface area contributed by atoms with Crippen molar-refractivity contribution in [2.75, 3.05) is 12.4 Å². The Bertz CT molecular complexity index is 1230. The fraction of sp³-hybridized carbons (Fsp3) is 0.0435. The quantitative estimate of drug-likeness (QED) is 0.502. The summed E-state index contributed by atoms with van der Waals surface area (Å²) < 4.78 is 16.2. The Balaban J connectivity index is 1.53. The van der Waals surface area contributed by atoms with Crippen LogP contribution in [0.3, 0.4) is 0 Å². The molecule has 0 bridgehead atoms. The van der Waals surface area contributed by atoms with E-state index in [0.29, 0.717) is 33.9 Å². The number of anilines is 1. The predicted molar refractivity (Wildman–Crippen MR) is 111 cm³/mol. The van der Waals surface area contributed by atoms with Crippen LogP contribution in [0.25, 0.3) is 28.4 Å². The molecule has 0 unspecified atom stereocenters. The van der Waals surface area contributed by atoms with Crippen molar-refractivity contribution in [2.24, 2.45) is 0 Å². The van der Waals surface area contributed by atoms with Gasteiger partial charge in [0.05, 0.1) is 18.8 Å². The minimum Gasteiger partial charge on any atom is -0.497 e. The number of hydrogen-bond donors (Lipinski definition) is 1. The summed E-state index contributed by atoms with van der Waals surface area (Å²) in [7, 11) is 1.55. The van der Waals surface area contributed by atoms with Crippen LogP contribution in [0, 0.1) is 0 Å². The molecule has 1 amide bonds. The first kappa shape index (κ1) is 18.3. The van der Waals surface area contributed by atoms with E-state index in [1.165, 1.54) is 18.4 Å². The van der Waals surface area contributed by atoms with Gasteiger partial charge in [0.15, 0.2) is 5.43 Å². The van der Waals surface area contributed by atoms with Crippen LogP contribution in [0.1, 0.15) is 5.76 Å². The lowest BCUT2D eigenvalue weighted by molar-refractivity contribution is -0.111. The maximum absolute atomic E-state index is 12.4. The molecule has 0 aliphatic heterocycles. The monoisotopic (exact) mass is 387 g/mol. The number of hydrogen-bond acceptors (Lipinski definition) is 5. The molecule has 2 aromatic carbocycles. The van der Waals surface area contributed by atoms with Crippen LogP contribution in [0.15, 0.2) is 86.6 Å². The third kappa shape index (κ3) is 4.11. The van der Waals surface area contributed by atoms with E-state index in [0.717, 1.165) is 5.56 Å². The van der Waals surface area contributed by atoms with Gasteiger partial charge in [0.1, 0.15) is 22.9 Å². The van der Waals surface area contributed by atoms with E-state index in [9.17, 15) is 9.59 Å². The van der Waals surface area contributed by atoms with Gasteiger partial charge < -0.3 is 18.9 Å². The molecular formula is C23H17NO5. The first-order chi connectivity index (χ1) is 14.1. The molecule has 6 heteroatoms. The van der Waals surface area contributed by atoms with Crippen LogP contribution >= 0.6 is 0 Å². The lowest BCUT2D eigenvalue weighted by atomic mass is 10.1. The molecule has 0 saturated heterocycles. The lowest BCUT2D eigenvalue weighted by Crippen LogP contribution is -2.07. The smallest absolute Gasteiger partial charge is 0.248 e. The van der Waals surface area contributed by atoms with E-state index in [-0.39, 0.29) is 11.3 Å². The third-order valence-corrected chi connectivity index (χ3v) is 4.31. The number of nitrogens with one attached hydrogen (secondary N) is 1. The Hall–Kier alpha value is -4.06.